The van der Waals surface area contributed by atoms with E-state index in [4.69, 9.17) is 10.8 Å². The Kier molecular flexibility index (Phi) is 4.71. The Morgan fingerprint density at radius 1 is 1.59 bits per heavy atom. The maximum Gasteiger partial charge on any atom is 0.328 e. The summed E-state index contributed by atoms with van der Waals surface area (Å²) in [7, 11) is 0. The van der Waals surface area contributed by atoms with Gasteiger partial charge in [0.1, 0.15) is 0 Å². The molecule has 0 aliphatic carbocycles. The zero-order valence-corrected chi connectivity index (χ0v) is 9.80. The zero-order chi connectivity index (χ0) is 13.0. The van der Waals surface area contributed by atoms with Gasteiger partial charge in [-0.2, -0.15) is 0 Å². The molecule has 1 aliphatic heterocycles. The van der Waals surface area contributed by atoms with E-state index in [9.17, 15) is 14.7 Å². The molecule has 0 aromatic rings. The largest absolute Gasteiger partial charge is 0.480 e. The SMILES string of the molecule is C[C@@H](O)[C@H](NC(=O)N1CCC(CN)C1)C(=O)O. The van der Waals surface area contributed by atoms with Crippen LogP contribution in [0, 0.1) is 5.92 Å². The Hall–Kier alpha value is -1.34. The number of nitrogens with two attached hydrogens (primary N) is 1. The van der Waals surface area contributed by atoms with Crippen LogP contribution in [0.15, 0.2) is 0 Å². The number of carbonyl (C=O) groups excluding carboxylic acids is 1. The summed E-state index contributed by atoms with van der Waals surface area (Å²) in [5.74, 6) is -0.974. The molecule has 17 heavy (non-hydrogen) atoms. The number of carboxylic acid groups (broad SMARTS) is 1. The predicted molar refractivity (Wildman–Crippen MR) is 60.4 cm³/mol. The minimum atomic E-state index is -1.28. The van der Waals surface area contributed by atoms with Gasteiger partial charge in [0.2, 0.25) is 0 Å². The molecule has 1 heterocycles. The molecule has 7 heteroatoms. The first-order valence-electron chi connectivity index (χ1n) is 5.62. The van der Waals surface area contributed by atoms with E-state index in [1.807, 2.05) is 0 Å². The number of rotatable bonds is 4. The molecular weight excluding hydrogens is 226 g/mol. The number of likely N-dealkylation sites (tertiary alicyclic amines) is 1. The van der Waals surface area contributed by atoms with E-state index in [2.05, 4.69) is 5.32 Å². The molecule has 0 saturated carbocycles. The number of aliphatic carboxylic acids is 1. The summed E-state index contributed by atoms with van der Waals surface area (Å²) in [6.07, 6.45) is -0.305. The fraction of sp³-hybridized carbons (Fsp3) is 0.800. The quantitative estimate of drug-likeness (QED) is 0.497. The first-order valence-corrected chi connectivity index (χ1v) is 5.62. The van der Waals surface area contributed by atoms with Crippen molar-refractivity contribution in [1.29, 1.82) is 0 Å². The molecule has 2 amide bonds. The Balaban J connectivity index is 2.51. The van der Waals surface area contributed by atoms with Gasteiger partial charge in [-0.3, -0.25) is 0 Å². The van der Waals surface area contributed by atoms with Crippen LogP contribution in [-0.2, 0) is 4.79 Å². The molecule has 0 radical (unpaired) electrons. The van der Waals surface area contributed by atoms with Crippen molar-refractivity contribution in [3.05, 3.63) is 0 Å². The number of nitrogens with one attached hydrogen (secondary N) is 1. The highest BCUT2D eigenvalue weighted by atomic mass is 16.4. The van der Waals surface area contributed by atoms with Crippen LogP contribution < -0.4 is 11.1 Å². The van der Waals surface area contributed by atoms with E-state index in [1.54, 1.807) is 0 Å². The van der Waals surface area contributed by atoms with Crippen molar-refractivity contribution in [3.63, 3.8) is 0 Å². The van der Waals surface area contributed by atoms with Crippen LogP contribution in [0.3, 0.4) is 0 Å². The smallest absolute Gasteiger partial charge is 0.328 e. The van der Waals surface area contributed by atoms with Crippen molar-refractivity contribution in [3.8, 4) is 0 Å². The van der Waals surface area contributed by atoms with Crippen molar-refractivity contribution >= 4 is 12.0 Å². The summed E-state index contributed by atoms with van der Waals surface area (Å²) in [4.78, 5) is 24.0. The summed E-state index contributed by atoms with van der Waals surface area (Å²) in [5.41, 5.74) is 5.50. The Morgan fingerprint density at radius 3 is 2.65 bits per heavy atom. The highest BCUT2D eigenvalue weighted by Crippen LogP contribution is 2.14. The average Bonchev–Trinajstić information content (AvgIpc) is 2.73. The van der Waals surface area contributed by atoms with Crippen LogP contribution in [0.25, 0.3) is 0 Å². The fourth-order valence-corrected chi connectivity index (χ4v) is 1.82. The number of amides is 2. The van der Waals surface area contributed by atoms with Gasteiger partial charge in [0.05, 0.1) is 6.10 Å². The minimum absolute atomic E-state index is 0.274. The lowest BCUT2D eigenvalue weighted by Crippen LogP contribution is -2.51. The van der Waals surface area contributed by atoms with E-state index < -0.39 is 24.1 Å². The second kappa shape index (κ2) is 5.83. The summed E-state index contributed by atoms with van der Waals surface area (Å²) in [5, 5.41) is 20.4. The summed E-state index contributed by atoms with van der Waals surface area (Å²) >= 11 is 0. The van der Waals surface area contributed by atoms with Crippen LogP contribution in [0.1, 0.15) is 13.3 Å². The number of hydrogen-bond acceptors (Lipinski definition) is 4. The van der Waals surface area contributed by atoms with Crippen molar-refractivity contribution in [1.82, 2.24) is 10.2 Å². The lowest BCUT2D eigenvalue weighted by atomic mass is 10.1. The van der Waals surface area contributed by atoms with Crippen LogP contribution in [0.5, 0.6) is 0 Å². The third-order valence-corrected chi connectivity index (χ3v) is 2.93. The van der Waals surface area contributed by atoms with E-state index in [0.29, 0.717) is 19.6 Å². The number of carbonyl (C=O) groups is 2. The number of aliphatic hydroxyl groups is 1. The van der Waals surface area contributed by atoms with Gasteiger partial charge in [-0.25, -0.2) is 9.59 Å². The van der Waals surface area contributed by atoms with E-state index in [1.165, 1.54) is 11.8 Å². The van der Waals surface area contributed by atoms with E-state index >= 15 is 0 Å². The molecule has 0 spiro atoms. The first kappa shape index (κ1) is 13.7. The second-order valence-electron chi connectivity index (χ2n) is 4.34. The van der Waals surface area contributed by atoms with Gasteiger partial charge in [0.25, 0.3) is 0 Å². The number of aliphatic hydroxyl groups excluding tert-OH is 1. The molecule has 0 aromatic heterocycles. The summed E-state index contributed by atoms with van der Waals surface area (Å²) in [6.45, 7) is 2.95. The van der Waals surface area contributed by atoms with Gasteiger partial charge in [-0.05, 0) is 25.8 Å². The van der Waals surface area contributed by atoms with Crippen LogP contribution >= 0.6 is 0 Å². The zero-order valence-electron chi connectivity index (χ0n) is 9.80. The molecule has 7 nitrogen and oxygen atoms in total. The van der Waals surface area contributed by atoms with Crippen LogP contribution in [0.4, 0.5) is 4.79 Å². The molecule has 3 atom stereocenters. The third kappa shape index (κ3) is 3.57. The number of nitrogens with zero attached hydrogens (tertiary/aromatic N) is 1. The number of urea groups is 1. The van der Waals surface area contributed by atoms with Gasteiger partial charge in [-0.15, -0.1) is 0 Å². The predicted octanol–water partition coefficient (Wildman–Crippen LogP) is -1.19. The lowest BCUT2D eigenvalue weighted by molar-refractivity contribution is -0.141. The second-order valence-corrected chi connectivity index (χ2v) is 4.34. The van der Waals surface area contributed by atoms with Crippen molar-refractivity contribution < 1.29 is 19.8 Å². The first-order chi connectivity index (χ1) is 7.95. The minimum Gasteiger partial charge on any atom is -0.480 e. The number of carboxylic acids is 1. The summed E-state index contributed by atoms with van der Waals surface area (Å²) < 4.78 is 0. The Bertz CT molecular complexity index is 295. The standard InChI is InChI=1S/C10H19N3O4/c1-6(14)8(9(15)16)12-10(17)13-3-2-7(4-11)5-13/h6-8,14H,2-5,11H2,1H3,(H,12,17)(H,15,16)/t6-,7?,8+/m1/s1. The van der Waals surface area contributed by atoms with Crippen molar-refractivity contribution in [2.75, 3.05) is 19.6 Å². The molecule has 1 fully saturated rings. The normalized spacial score (nSPS) is 23.2. The van der Waals surface area contributed by atoms with Gasteiger partial charge in [0.15, 0.2) is 6.04 Å². The lowest BCUT2D eigenvalue weighted by Gasteiger charge is -2.22. The molecule has 98 valence electrons. The Labute approximate surface area is 99.6 Å². The van der Waals surface area contributed by atoms with Crippen LogP contribution in [-0.4, -0.2) is 58.9 Å². The molecule has 0 aromatic carbocycles. The highest BCUT2D eigenvalue weighted by Gasteiger charge is 2.30. The molecule has 5 N–H and O–H groups in total. The van der Waals surface area contributed by atoms with Gasteiger partial charge >= 0.3 is 12.0 Å². The number of hydrogen-bond donors (Lipinski definition) is 4. The molecule has 1 aliphatic rings. The van der Waals surface area contributed by atoms with Gasteiger partial charge in [-0.1, -0.05) is 0 Å². The highest BCUT2D eigenvalue weighted by molar-refractivity contribution is 5.83. The van der Waals surface area contributed by atoms with Gasteiger partial charge in [0, 0.05) is 13.1 Å². The van der Waals surface area contributed by atoms with Crippen LogP contribution in [0.2, 0.25) is 0 Å². The Morgan fingerprint density at radius 2 is 2.24 bits per heavy atom. The van der Waals surface area contributed by atoms with E-state index in [-0.39, 0.29) is 5.92 Å². The maximum atomic E-state index is 11.7. The molecular formula is C10H19N3O4. The molecule has 0 bridgehead atoms. The van der Waals surface area contributed by atoms with Crippen molar-refractivity contribution in [2.45, 2.75) is 25.5 Å². The van der Waals surface area contributed by atoms with Gasteiger partial charge < -0.3 is 26.2 Å². The monoisotopic (exact) mass is 245 g/mol. The molecule has 1 rings (SSSR count). The topological polar surface area (TPSA) is 116 Å². The molecule has 1 unspecified atom stereocenters. The van der Waals surface area contributed by atoms with Crippen molar-refractivity contribution in [2.24, 2.45) is 11.7 Å². The fourth-order valence-electron chi connectivity index (χ4n) is 1.82. The third-order valence-electron chi connectivity index (χ3n) is 2.93. The summed E-state index contributed by atoms with van der Waals surface area (Å²) in [6, 6.07) is -1.74. The average molecular weight is 245 g/mol. The molecule has 1 saturated heterocycles. The van der Waals surface area contributed by atoms with E-state index in [0.717, 1.165) is 6.42 Å². The maximum absolute atomic E-state index is 11.7.